The Morgan fingerprint density at radius 2 is 1.74 bits per heavy atom. The van der Waals surface area contributed by atoms with Gasteiger partial charge in [-0.2, -0.15) is 0 Å². The normalized spacial score (nSPS) is 10.1. The van der Waals surface area contributed by atoms with Crippen molar-refractivity contribution in [3.63, 3.8) is 0 Å². The van der Waals surface area contributed by atoms with Gasteiger partial charge in [0.2, 0.25) is 5.95 Å². The molecule has 2 rings (SSSR count). The molecule has 1 N–H and O–H groups in total. The van der Waals surface area contributed by atoms with Crippen LogP contribution in [-0.2, 0) is 0 Å². The number of benzene rings is 1. The Kier molecular flexibility index (Phi) is 3.85. The molecular weight excluding hydrogens is 242 g/mol. The summed E-state index contributed by atoms with van der Waals surface area (Å²) >= 11 is 0. The SMILES string of the molecule is CNc1ncc(-c2ccc(OC)c(C)c2OC)cn1. The van der Waals surface area contributed by atoms with Crippen LogP contribution >= 0.6 is 0 Å². The van der Waals surface area contributed by atoms with E-state index in [-0.39, 0.29) is 0 Å². The minimum Gasteiger partial charge on any atom is -0.496 e. The van der Waals surface area contributed by atoms with Crippen LogP contribution in [0.15, 0.2) is 24.5 Å². The highest BCUT2D eigenvalue weighted by Gasteiger charge is 2.13. The van der Waals surface area contributed by atoms with E-state index in [4.69, 9.17) is 9.47 Å². The Hall–Kier alpha value is -2.30. The molecule has 0 aliphatic rings. The second-order valence-corrected chi connectivity index (χ2v) is 4.02. The molecule has 0 saturated heterocycles. The molecule has 0 amide bonds. The van der Waals surface area contributed by atoms with Crippen molar-refractivity contribution >= 4 is 5.95 Å². The van der Waals surface area contributed by atoms with E-state index in [1.165, 1.54) is 0 Å². The number of hydrogen-bond acceptors (Lipinski definition) is 5. The highest BCUT2D eigenvalue weighted by molar-refractivity contribution is 5.73. The molecule has 1 heterocycles. The average molecular weight is 259 g/mol. The van der Waals surface area contributed by atoms with Crippen LogP contribution in [0.1, 0.15) is 5.56 Å². The number of anilines is 1. The van der Waals surface area contributed by atoms with E-state index in [1.54, 1.807) is 33.7 Å². The molecule has 1 aromatic carbocycles. The van der Waals surface area contributed by atoms with Crippen LogP contribution < -0.4 is 14.8 Å². The van der Waals surface area contributed by atoms with E-state index >= 15 is 0 Å². The fourth-order valence-corrected chi connectivity index (χ4v) is 1.98. The van der Waals surface area contributed by atoms with Gasteiger partial charge in [0.1, 0.15) is 11.5 Å². The van der Waals surface area contributed by atoms with Gasteiger partial charge in [-0.3, -0.25) is 0 Å². The lowest BCUT2D eigenvalue weighted by Crippen LogP contribution is -1.98. The van der Waals surface area contributed by atoms with Crippen LogP contribution in [0.5, 0.6) is 11.5 Å². The lowest BCUT2D eigenvalue weighted by atomic mass is 10.0. The molecule has 0 fully saturated rings. The van der Waals surface area contributed by atoms with E-state index in [0.717, 1.165) is 28.2 Å². The minimum atomic E-state index is 0.591. The number of hydrogen-bond donors (Lipinski definition) is 1. The van der Waals surface area contributed by atoms with E-state index in [9.17, 15) is 0 Å². The second-order valence-electron chi connectivity index (χ2n) is 4.02. The lowest BCUT2D eigenvalue weighted by Gasteiger charge is -2.14. The molecule has 0 aliphatic carbocycles. The molecule has 0 aliphatic heterocycles. The summed E-state index contributed by atoms with van der Waals surface area (Å²) in [5.41, 5.74) is 2.81. The van der Waals surface area contributed by atoms with Crippen LogP contribution in [0.4, 0.5) is 5.95 Å². The summed E-state index contributed by atoms with van der Waals surface area (Å²) in [4.78, 5) is 8.42. The minimum absolute atomic E-state index is 0.591. The highest BCUT2D eigenvalue weighted by Crippen LogP contribution is 2.37. The zero-order valence-corrected chi connectivity index (χ0v) is 11.5. The third-order valence-corrected chi connectivity index (χ3v) is 2.97. The smallest absolute Gasteiger partial charge is 0.222 e. The molecule has 1 aromatic heterocycles. The van der Waals surface area contributed by atoms with Crippen molar-refractivity contribution in [1.29, 1.82) is 0 Å². The molecule has 2 aromatic rings. The highest BCUT2D eigenvalue weighted by atomic mass is 16.5. The Morgan fingerprint density at radius 1 is 1.05 bits per heavy atom. The molecule has 0 saturated carbocycles. The molecule has 0 bridgehead atoms. The van der Waals surface area contributed by atoms with Gasteiger partial charge in [0, 0.05) is 36.1 Å². The van der Waals surface area contributed by atoms with Gasteiger partial charge in [0.05, 0.1) is 14.2 Å². The summed E-state index contributed by atoms with van der Waals surface area (Å²) in [5.74, 6) is 2.17. The van der Waals surface area contributed by atoms with Crippen LogP contribution in [0.2, 0.25) is 0 Å². The van der Waals surface area contributed by atoms with Crippen molar-refractivity contribution in [2.24, 2.45) is 0 Å². The fourth-order valence-electron chi connectivity index (χ4n) is 1.98. The third kappa shape index (κ3) is 2.45. The summed E-state index contributed by atoms with van der Waals surface area (Å²) in [6, 6.07) is 3.86. The van der Waals surface area contributed by atoms with Crippen molar-refractivity contribution in [2.45, 2.75) is 6.92 Å². The van der Waals surface area contributed by atoms with Crippen LogP contribution in [0.3, 0.4) is 0 Å². The first-order valence-electron chi connectivity index (χ1n) is 5.93. The number of nitrogens with zero attached hydrogens (tertiary/aromatic N) is 2. The Balaban J connectivity index is 2.51. The molecule has 0 atom stereocenters. The second kappa shape index (κ2) is 5.56. The largest absolute Gasteiger partial charge is 0.496 e. The van der Waals surface area contributed by atoms with Gasteiger partial charge in [-0.15, -0.1) is 0 Å². The number of methoxy groups -OCH3 is 2. The molecule has 5 heteroatoms. The van der Waals surface area contributed by atoms with E-state index < -0.39 is 0 Å². The summed E-state index contributed by atoms with van der Waals surface area (Å²) in [6.45, 7) is 1.96. The zero-order chi connectivity index (χ0) is 13.8. The third-order valence-electron chi connectivity index (χ3n) is 2.97. The van der Waals surface area contributed by atoms with Crippen molar-refractivity contribution in [3.8, 4) is 22.6 Å². The number of ether oxygens (including phenoxy) is 2. The Bertz CT molecular complexity index is 568. The average Bonchev–Trinajstić information content (AvgIpc) is 2.47. The summed E-state index contributed by atoms with van der Waals surface area (Å²) in [6.07, 6.45) is 3.53. The zero-order valence-electron chi connectivity index (χ0n) is 11.5. The first-order chi connectivity index (χ1) is 9.21. The number of aromatic nitrogens is 2. The van der Waals surface area contributed by atoms with Gasteiger partial charge in [0.15, 0.2) is 0 Å². The van der Waals surface area contributed by atoms with Crippen molar-refractivity contribution in [3.05, 3.63) is 30.1 Å². The summed E-state index contributed by atoms with van der Waals surface area (Å²) in [5, 5.41) is 2.89. The maximum absolute atomic E-state index is 5.48. The lowest BCUT2D eigenvalue weighted by molar-refractivity contribution is 0.390. The van der Waals surface area contributed by atoms with Crippen LogP contribution in [0.25, 0.3) is 11.1 Å². The molecular formula is C14H17N3O2. The first-order valence-corrected chi connectivity index (χ1v) is 5.93. The van der Waals surface area contributed by atoms with E-state index in [0.29, 0.717) is 5.95 Å². The van der Waals surface area contributed by atoms with Gasteiger partial charge >= 0.3 is 0 Å². The predicted molar refractivity (Wildman–Crippen MR) is 74.9 cm³/mol. The maximum atomic E-state index is 5.48. The predicted octanol–water partition coefficient (Wildman–Crippen LogP) is 2.51. The fraction of sp³-hybridized carbons (Fsp3) is 0.286. The standard InChI is InChI=1S/C14H17N3O2/c1-9-12(18-3)6-5-11(13(9)19-4)10-7-16-14(15-2)17-8-10/h5-8H,1-4H3,(H,15,16,17). The Morgan fingerprint density at radius 3 is 2.26 bits per heavy atom. The van der Waals surface area contributed by atoms with E-state index in [2.05, 4.69) is 15.3 Å². The van der Waals surface area contributed by atoms with Gasteiger partial charge in [-0.25, -0.2) is 9.97 Å². The van der Waals surface area contributed by atoms with E-state index in [1.807, 2.05) is 19.1 Å². The van der Waals surface area contributed by atoms with Crippen molar-refractivity contribution in [2.75, 3.05) is 26.6 Å². The molecule has 0 unspecified atom stereocenters. The van der Waals surface area contributed by atoms with Gasteiger partial charge in [-0.1, -0.05) is 0 Å². The maximum Gasteiger partial charge on any atom is 0.222 e. The molecule has 0 radical (unpaired) electrons. The quantitative estimate of drug-likeness (QED) is 0.914. The van der Waals surface area contributed by atoms with Gasteiger partial charge < -0.3 is 14.8 Å². The van der Waals surface area contributed by atoms with Crippen LogP contribution in [0, 0.1) is 6.92 Å². The Labute approximate surface area is 112 Å². The topological polar surface area (TPSA) is 56.3 Å². The first kappa shape index (κ1) is 13.1. The summed E-state index contributed by atoms with van der Waals surface area (Å²) in [7, 11) is 5.08. The van der Waals surface area contributed by atoms with Gasteiger partial charge in [0.25, 0.3) is 0 Å². The van der Waals surface area contributed by atoms with Gasteiger partial charge in [-0.05, 0) is 19.1 Å². The molecule has 0 spiro atoms. The molecule has 100 valence electrons. The van der Waals surface area contributed by atoms with Crippen LogP contribution in [-0.4, -0.2) is 31.2 Å². The number of nitrogens with one attached hydrogen (secondary N) is 1. The summed E-state index contributed by atoms with van der Waals surface area (Å²) < 4.78 is 10.8. The molecule has 19 heavy (non-hydrogen) atoms. The monoisotopic (exact) mass is 259 g/mol. The van der Waals surface area contributed by atoms with Crippen molar-refractivity contribution in [1.82, 2.24) is 9.97 Å². The number of rotatable bonds is 4. The molecule has 5 nitrogen and oxygen atoms in total. The van der Waals surface area contributed by atoms with Crippen molar-refractivity contribution < 1.29 is 9.47 Å².